The van der Waals surface area contributed by atoms with Crippen LogP contribution in [-0.4, -0.2) is 125 Å². The third kappa shape index (κ3) is 110. The summed E-state index contributed by atoms with van der Waals surface area (Å²) < 4.78 is 18.8. The molecule has 0 bridgehead atoms. The van der Waals surface area contributed by atoms with Crippen molar-refractivity contribution >= 4 is 43.9 Å². The van der Waals surface area contributed by atoms with Gasteiger partial charge in [0, 0.05) is 54.9 Å². The van der Waals surface area contributed by atoms with Crippen LogP contribution in [0.25, 0.3) is 0 Å². The lowest BCUT2D eigenvalue weighted by Gasteiger charge is -1.89. The van der Waals surface area contributed by atoms with Gasteiger partial charge in [-0.3, -0.25) is 0 Å². The summed E-state index contributed by atoms with van der Waals surface area (Å²) in [5, 5.41) is 0. The van der Waals surface area contributed by atoms with Gasteiger partial charge in [0.1, 0.15) is 0 Å². The molecule has 28 heavy (non-hydrogen) atoms. The molecule has 0 aliphatic rings. The first-order chi connectivity index (χ1) is 11.7. The van der Waals surface area contributed by atoms with Crippen LogP contribution in [0.1, 0.15) is 25.7 Å². The second-order valence-electron chi connectivity index (χ2n) is 4.54. The second kappa shape index (κ2) is 70.9. The Morgan fingerprint density at radius 1 is 0.393 bits per heavy atom. The van der Waals surface area contributed by atoms with Crippen molar-refractivity contribution in [2.45, 2.75) is 25.7 Å². The lowest BCUT2D eigenvalue weighted by Crippen LogP contribution is -2.01. The molecule has 0 aromatic carbocycles. The Morgan fingerprint density at radius 2 is 0.536 bits per heavy atom. The molecule has 0 fully saturated rings. The molecule has 0 aromatic heterocycles. The number of nitrogens with two attached hydrogens (primary N) is 4. The molecule has 8 N–H and O–H groups in total. The number of rotatable bonds is 12. The maximum Gasteiger partial charge on any atom is 0.0474 e. The van der Waals surface area contributed by atoms with Gasteiger partial charge >= 0.3 is 0 Å². The number of methoxy groups -OCH3 is 4. The Balaban J connectivity index is -0.0000000303. The molecule has 12 heteroatoms. The highest BCUT2D eigenvalue weighted by atomic mass is 28.1. The SMILES string of the molecule is COCCCN.COCCCN.COCCCN.COCCCN.[SiH4].[SiH4].[SiH4].[SiH4]. The summed E-state index contributed by atoms with van der Waals surface area (Å²) >= 11 is 0. The third-order valence-corrected chi connectivity index (χ3v) is 2.21. The van der Waals surface area contributed by atoms with Crippen LogP contribution in [0.5, 0.6) is 0 Å². The van der Waals surface area contributed by atoms with Crippen molar-refractivity contribution < 1.29 is 18.9 Å². The van der Waals surface area contributed by atoms with Crippen LogP contribution in [0.3, 0.4) is 0 Å². The first kappa shape index (κ1) is 51.3. The fourth-order valence-corrected chi connectivity index (χ4v) is 0.911. The van der Waals surface area contributed by atoms with Gasteiger partial charge in [0.05, 0.1) is 0 Å². The van der Waals surface area contributed by atoms with E-state index in [4.69, 9.17) is 41.9 Å². The van der Waals surface area contributed by atoms with E-state index >= 15 is 0 Å². The van der Waals surface area contributed by atoms with Crippen molar-refractivity contribution in [3.63, 3.8) is 0 Å². The van der Waals surface area contributed by atoms with Crippen LogP contribution in [0.15, 0.2) is 0 Å². The third-order valence-electron chi connectivity index (χ3n) is 2.21. The van der Waals surface area contributed by atoms with Crippen LogP contribution >= 0.6 is 0 Å². The molecule has 0 aromatic rings. The van der Waals surface area contributed by atoms with Crippen molar-refractivity contribution in [2.75, 3.05) is 81.0 Å². The fraction of sp³-hybridized carbons (Fsp3) is 1.00. The summed E-state index contributed by atoms with van der Waals surface area (Å²) in [5.41, 5.74) is 20.5. The Hall–Kier alpha value is 0.548. The highest BCUT2D eigenvalue weighted by molar-refractivity contribution is 5.76. The smallest absolute Gasteiger partial charge is 0.0474 e. The number of hydrogen-bond acceptors (Lipinski definition) is 8. The van der Waals surface area contributed by atoms with Crippen molar-refractivity contribution in [1.29, 1.82) is 0 Å². The van der Waals surface area contributed by atoms with Crippen molar-refractivity contribution in [3.05, 3.63) is 0 Å². The zero-order valence-electron chi connectivity index (χ0n) is 16.4. The van der Waals surface area contributed by atoms with Gasteiger partial charge in [-0.05, 0) is 95.7 Å². The average Bonchev–Trinajstić information content (AvgIpc) is 2.62. The summed E-state index contributed by atoms with van der Waals surface area (Å²) in [6.07, 6.45) is 3.88. The van der Waals surface area contributed by atoms with Crippen LogP contribution < -0.4 is 22.9 Å². The molecule has 0 saturated carbocycles. The van der Waals surface area contributed by atoms with Gasteiger partial charge in [-0.2, -0.15) is 0 Å². The number of hydrogen-bond donors (Lipinski definition) is 4. The molecule has 0 rings (SSSR count). The van der Waals surface area contributed by atoms with Gasteiger partial charge in [0.2, 0.25) is 0 Å². The molecule has 0 spiro atoms. The Morgan fingerprint density at radius 3 is 0.571 bits per heavy atom. The first-order valence-corrected chi connectivity index (χ1v) is 8.42. The Bertz CT molecular complexity index is 127. The summed E-state index contributed by atoms with van der Waals surface area (Å²) in [6.45, 7) is 6.07. The van der Waals surface area contributed by atoms with E-state index in [1.54, 1.807) is 28.4 Å². The molecule has 0 atom stereocenters. The predicted octanol–water partition coefficient (Wildman–Crippen LogP) is -5.88. The van der Waals surface area contributed by atoms with E-state index in [1.165, 1.54) is 0 Å². The molecular weight excluding hydrogens is 425 g/mol. The van der Waals surface area contributed by atoms with E-state index < -0.39 is 0 Å². The van der Waals surface area contributed by atoms with E-state index in [-0.39, 0.29) is 43.9 Å². The molecule has 0 aliphatic carbocycles. The summed E-state index contributed by atoms with van der Waals surface area (Å²) in [6, 6.07) is 0. The van der Waals surface area contributed by atoms with Crippen LogP contribution in [0.2, 0.25) is 0 Å². The van der Waals surface area contributed by atoms with Crippen LogP contribution in [0, 0.1) is 0 Å². The van der Waals surface area contributed by atoms with Gasteiger partial charge in [0.25, 0.3) is 0 Å². The zero-order valence-corrected chi connectivity index (χ0v) is 16.4. The summed E-state index contributed by atoms with van der Waals surface area (Å²) in [7, 11) is 6.70. The Kier molecular flexibility index (Phi) is 130. The largest absolute Gasteiger partial charge is 0.385 e. The molecule has 8 nitrogen and oxygen atoms in total. The molecule has 0 amide bonds. The predicted molar refractivity (Wildman–Crippen MR) is 148 cm³/mol. The lowest BCUT2D eigenvalue weighted by atomic mass is 10.5. The van der Waals surface area contributed by atoms with Gasteiger partial charge in [0.15, 0.2) is 0 Å². The molecule has 0 heterocycles. The fourth-order valence-electron chi connectivity index (χ4n) is 0.911. The van der Waals surface area contributed by atoms with E-state index in [1.807, 2.05) is 0 Å². The normalized spacial score (nSPS) is 7.71. The van der Waals surface area contributed by atoms with E-state index in [2.05, 4.69) is 0 Å². The first-order valence-electron chi connectivity index (χ1n) is 8.42. The molecule has 0 aliphatic heterocycles. The van der Waals surface area contributed by atoms with Gasteiger partial charge in [-0.25, -0.2) is 0 Å². The van der Waals surface area contributed by atoms with Crippen molar-refractivity contribution in [3.8, 4) is 0 Å². The molecule has 184 valence electrons. The highest BCUT2D eigenvalue weighted by Crippen LogP contribution is 1.72. The standard InChI is InChI=1S/4C4H11NO.4H4Si/c4*1-6-4-2-3-5;;;;/h4*2-5H2,1H3;4*1H4. The summed E-state index contributed by atoms with van der Waals surface area (Å²) in [4.78, 5) is 0. The minimum Gasteiger partial charge on any atom is -0.385 e. The topological polar surface area (TPSA) is 141 Å². The van der Waals surface area contributed by atoms with Crippen molar-refractivity contribution in [2.24, 2.45) is 22.9 Å². The zero-order chi connectivity index (χ0) is 19.3. The van der Waals surface area contributed by atoms with E-state index in [9.17, 15) is 0 Å². The van der Waals surface area contributed by atoms with Crippen LogP contribution in [-0.2, 0) is 18.9 Å². The minimum atomic E-state index is 0. The van der Waals surface area contributed by atoms with Gasteiger partial charge in [-0.15, -0.1) is 0 Å². The average molecular weight is 485 g/mol. The highest BCUT2D eigenvalue weighted by Gasteiger charge is 1.76. The van der Waals surface area contributed by atoms with E-state index in [0.29, 0.717) is 0 Å². The number of ether oxygens (including phenoxy) is 4. The molecule has 0 radical (unpaired) electrons. The minimum absolute atomic E-state index is 0. The molecule has 0 saturated heterocycles. The Labute approximate surface area is 192 Å². The van der Waals surface area contributed by atoms with Crippen molar-refractivity contribution in [1.82, 2.24) is 0 Å². The molecular formula is C16H60N4O4Si4. The lowest BCUT2D eigenvalue weighted by molar-refractivity contribution is 0.197. The van der Waals surface area contributed by atoms with Gasteiger partial charge < -0.3 is 41.9 Å². The van der Waals surface area contributed by atoms with Crippen LogP contribution in [0.4, 0.5) is 0 Å². The maximum absolute atomic E-state index is 5.13. The summed E-state index contributed by atoms with van der Waals surface area (Å²) in [5.74, 6) is 0. The van der Waals surface area contributed by atoms with Gasteiger partial charge in [-0.1, -0.05) is 0 Å². The maximum atomic E-state index is 5.13. The second-order valence-corrected chi connectivity index (χ2v) is 4.54. The quantitative estimate of drug-likeness (QED) is 0.158. The van der Waals surface area contributed by atoms with E-state index in [0.717, 1.165) is 78.3 Å². The molecule has 0 unspecified atom stereocenters. The monoisotopic (exact) mass is 484 g/mol.